The third-order valence-corrected chi connectivity index (χ3v) is 22.9. The van der Waals surface area contributed by atoms with Gasteiger partial charge in [-0.3, -0.25) is 59.8 Å². The van der Waals surface area contributed by atoms with Crippen molar-refractivity contribution < 1.29 is 57.6 Å². The molecule has 32 heteroatoms. The predicted octanol–water partition coefficient (Wildman–Crippen LogP) is 16.8. The fraction of sp³-hybridized carbons (Fsp3) is 0.267. The monoisotopic (exact) mass is 1690 g/mol. The first-order valence-electron chi connectivity index (χ1n) is 39.2. The van der Waals surface area contributed by atoms with Crippen LogP contribution in [0, 0.1) is 40.5 Å². The number of ether oxygens (including phenoxy) is 8. The standard InChI is InChI=1S/C28H28N4O5.C21H19Cl2N3O4.C21H21N3O4.C20H20N4O3/c1-35-21-10-8-19(9-11-21)17-31-27-18-30(20-14-22(36-2)16-23(15-20)37-3)13-12-25(27)28(29-31)24-6-4-5-7-26(24)32(33)34;1-29-16-9-17(30-2)19(23)21(18(16)22)25-8-7-13-12(11-25)10-24-20(13)14-5-3-4-6-15(14)26(27)28;1-27-16-9-15(10-17(11-16)28-2)23-8-7-18-14(13-23)12-22-21(18)19-5-3-4-6-20(19)24(25)26;1-27-15-8-6-14(7-9-15)13-23-19-12-21-11-10-17(19)20(22-23)16-4-2-3-5-18(16)24(25)26/h4-11,14-16H,12-13,17-18H2,1-3H3;3-6,9H,7-8,10-11H2,1-2H3;3-6,9-11H,7-8,12-13H2,1-2H3;2-9,21H,10-13H2,1H3. The van der Waals surface area contributed by atoms with Crippen molar-refractivity contribution in [2.75, 3.05) is 124 Å². The Kier molecular flexibility index (Phi) is 26.4. The first-order valence-corrected chi connectivity index (χ1v) is 39.9. The molecule has 6 aliphatic rings. The molecule has 0 amide bonds. The van der Waals surface area contributed by atoms with E-state index in [1.807, 2.05) is 112 Å². The molecule has 628 valence electrons. The number of aromatic nitrogens is 4. The molecule has 0 saturated heterocycles. The van der Waals surface area contributed by atoms with Crippen LogP contribution in [-0.2, 0) is 39.0 Å². The average Bonchev–Trinajstić information content (AvgIpc) is 1.66. The van der Waals surface area contributed by atoms with E-state index in [1.165, 1.54) is 29.8 Å². The topological polar surface area (TPSA) is 329 Å². The van der Waals surface area contributed by atoms with Crippen LogP contribution in [0.25, 0.3) is 22.5 Å². The summed E-state index contributed by atoms with van der Waals surface area (Å²) in [4.78, 5) is 60.6. The Morgan fingerprint density at radius 2 is 0.754 bits per heavy atom. The lowest BCUT2D eigenvalue weighted by Gasteiger charge is -2.32. The van der Waals surface area contributed by atoms with Gasteiger partial charge in [-0.1, -0.05) is 96.0 Å². The minimum atomic E-state index is -0.367. The van der Waals surface area contributed by atoms with Crippen LogP contribution in [0.2, 0.25) is 10.0 Å². The summed E-state index contributed by atoms with van der Waals surface area (Å²) >= 11 is 13.1. The van der Waals surface area contributed by atoms with E-state index in [-0.39, 0.29) is 42.4 Å². The lowest BCUT2D eigenvalue weighted by atomic mass is 9.93. The minimum absolute atomic E-state index is 0.0550. The van der Waals surface area contributed by atoms with Crippen molar-refractivity contribution >= 4 is 74.4 Å². The number of fused-ring (bicyclic) bond motifs is 2. The maximum absolute atomic E-state index is 11.8. The van der Waals surface area contributed by atoms with Gasteiger partial charge in [0.15, 0.2) is 0 Å². The molecule has 0 saturated carbocycles. The molecule has 0 atom stereocenters. The number of hydrogen-bond donors (Lipinski definition) is 1. The number of nitro benzene ring substituents is 4. The fourth-order valence-corrected chi connectivity index (χ4v) is 16.8. The molecular weight excluding hydrogens is 1600 g/mol. The van der Waals surface area contributed by atoms with Gasteiger partial charge in [-0.25, -0.2) is 0 Å². The maximum atomic E-state index is 11.8. The zero-order valence-electron chi connectivity index (χ0n) is 68.3. The quantitative estimate of drug-likeness (QED) is 0.0459. The molecule has 0 unspecified atom stereocenters. The Morgan fingerprint density at radius 3 is 1.16 bits per heavy atom. The molecule has 122 heavy (non-hydrogen) atoms. The second-order valence-corrected chi connectivity index (χ2v) is 29.7. The second-order valence-electron chi connectivity index (χ2n) is 29.0. The van der Waals surface area contributed by atoms with Crippen molar-refractivity contribution in [3.8, 4) is 68.5 Å². The van der Waals surface area contributed by atoms with Crippen LogP contribution in [0.1, 0.15) is 57.6 Å². The Balaban J connectivity index is 0.000000134. The molecule has 0 radical (unpaired) electrons. The third kappa shape index (κ3) is 18.2. The molecule has 11 aromatic rings. The molecule has 17 rings (SSSR count). The van der Waals surface area contributed by atoms with Gasteiger partial charge in [0.2, 0.25) is 0 Å². The summed E-state index contributed by atoms with van der Waals surface area (Å²) in [7, 11) is 12.9. The van der Waals surface area contributed by atoms with E-state index >= 15 is 0 Å². The lowest BCUT2D eigenvalue weighted by molar-refractivity contribution is -0.385. The van der Waals surface area contributed by atoms with E-state index in [4.69, 9.17) is 71.3 Å². The van der Waals surface area contributed by atoms with Gasteiger partial charge < -0.3 is 57.9 Å². The van der Waals surface area contributed by atoms with Gasteiger partial charge in [0.05, 0.1) is 160 Å². The van der Waals surface area contributed by atoms with Crippen LogP contribution in [0.5, 0.6) is 46.0 Å². The Hall–Kier alpha value is -13.8. The van der Waals surface area contributed by atoms with Crippen LogP contribution >= 0.6 is 23.2 Å². The molecule has 9 aromatic carbocycles. The molecule has 30 nitrogen and oxygen atoms in total. The Bertz CT molecular complexity index is 5860. The van der Waals surface area contributed by atoms with E-state index in [1.54, 1.807) is 118 Å². The smallest absolute Gasteiger partial charge is 0.278 e. The predicted molar refractivity (Wildman–Crippen MR) is 468 cm³/mol. The number of nitrogens with one attached hydrogen (secondary N) is 1. The molecule has 8 heterocycles. The lowest BCUT2D eigenvalue weighted by Crippen LogP contribution is -2.33. The Morgan fingerprint density at radius 1 is 0.393 bits per heavy atom. The van der Waals surface area contributed by atoms with Crippen LogP contribution < -0.4 is 57.9 Å². The normalized spacial score (nSPS) is 14.3. The largest absolute Gasteiger partial charge is 0.497 e. The number of hydrogen-bond acceptors (Lipinski definition) is 24. The van der Waals surface area contributed by atoms with Crippen LogP contribution in [0.15, 0.2) is 220 Å². The molecule has 0 aliphatic carbocycles. The van der Waals surface area contributed by atoms with Gasteiger partial charge in [0.25, 0.3) is 22.7 Å². The average molecular weight is 1690 g/mol. The number of nitrogens with zero attached hydrogens (tertiary/aromatic N) is 13. The summed E-state index contributed by atoms with van der Waals surface area (Å²) < 4.78 is 46.9. The van der Waals surface area contributed by atoms with E-state index in [2.05, 4.69) is 30.0 Å². The number of para-hydroxylation sites is 4. The minimum Gasteiger partial charge on any atom is -0.497 e. The van der Waals surface area contributed by atoms with Crippen molar-refractivity contribution in [3.05, 3.63) is 306 Å². The number of anilines is 3. The van der Waals surface area contributed by atoms with Crippen LogP contribution in [0.3, 0.4) is 0 Å². The molecule has 0 spiro atoms. The molecule has 1 N–H and O–H groups in total. The van der Waals surface area contributed by atoms with Crippen molar-refractivity contribution in [2.45, 2.75) is 51.9 Å². The SMILES string of the molecule is COc1cc(OC)c(Cl)c(N2CCC3=C(CN=C3c3ccccc3[N+](=O)[O-])C2)c1Cl.COc1cc(OC)cc(N2CCC3=C(CN=C3c3ccccc3[N+](=O)[O-])C2)c1.COc1ccc(Cn2nc(-c3ccccc3[N+](=O)[O-])c3c2CN(c2cc(OC)cc(OC)c2)CC3)cc1.COc1ccc(Cn2nc(-c3ccccc3[N+](=O)[O-])c3c2CNCC3)cc1. The van der Waals surface area contributed by atoms with E-state index in [9.17, 15) is 40.5 Å². The van der Waals surface area contributed by atoms with Gasteiger partial charge in [0.1, 0.15) is 67.4 Å². The third-order valence-electron chi connectivity index (χ3n) is 22.1. The van der Waals surface area contributed by atoms with Crippen LogP contribution in [-0.4, -0.2) is 160 Å². The number of rotatable bonds is 23. The number of aliphatic imine (C=N–C) groups is 2. The molecule has 2 aromatic heterocycles. The second kappa shape index (κ2) is 38.0. The first kappa shape index (κ1) is 84.6. The summed E-state index contributed by atoms with van der Waals surface area (Å²) in [6, 6.07) is 56.2. The summed E-state index contributed by atoms with van der Waals surface area (Å²) in [5.74, 6) is 5.48. The highest BCUT2D eigenvalue weighted by atomic mass is 35.5. The van der Waals surface area contributed by atoms with Crippen LogP contribution in [0.4, 0.5) is 39.8 Å². The fourth-order valence-electron chi connectivity index (χ4n) is 16.0. The van der Waals surface area contributed by atoms with Crippen molar-refractivity contribution in [2.24, 2.45) is 9.98 Å². The highest BCUT2D eigenvalue weighted by Crippen LogP contribution is 2.49. The van der Waals surface area contributed by atoms with Crippen molar-refractivity contribution in [1.29, 1.82) is 0 Å². The van der Waals surface area contributed by atoms with Gasteiger partial charge >= 0.3 is 0 Å². The number of halogens is 2. The van der Waals surface area contributed by atoms with Gasteiger partial charge in [-0.15, -0.1) is 0 Å². The van der Waals surface area contributed by atoms with Gasteiger partial charge in [-0.2, -0.15) is 10.2 Å². The van der Waals surface area contributed by atoms with Crippen molar-refractivity contribution in [1.82, 2.24) is 24.9 Å². The number of benzene rings is 9. The molecule has 0 fully saturated rings. The first-order chi connectivity index (χ1) is 59.2. The van der Waals surface area contributed by atoms with Gasteiger partial charge in [0, 0.05) is 129 Å². The summed E-state index contributed by atoms with van der Waals surface area (Å²) in [6.45, 7) is 7.81. The summed E-state index contributed by atoms with van der Waals surface area (Å²) in [5.41, 5.74) is 19.0. The number of nitro groups is 4. The highest BCUT2D eigenvalue weighted by Gasteiger charge is 2.36. The zero-order chi connectivity index (χ0) is 85.8. The molecule has 6 aliphatic heterocycles. The highest BCUT2D eigenvalue weighted by molar-refractivity contribution is 6.41. The van der Waals surface area contributed by atoms with E-state index in [0.717, 1.165) is 129 Å². The van der Waals surface area contributed by atoms with E-state index < -0.39 is 0 Å². The molecular formula is C90H88Cl2N14O16. The molecule has 0 bridgehead atoms. The summed E-state index contributed by atoms with van der Waals surface area (Å²) in [5, 5.41) is 60.1. The van der Waals surface area contributed by atoms with E-state index in [0.29, 0.717) is 143 Å². The zero-order valence-corrected chi connectivity index (χ0v) is 69.8. The summed E-state index contributed by atoms with van der Waals surface area (Å²) in [6.07, 6.45) is 2.96. The van der Waals surface area contributed by atoms with Crippen molar-refractivity contribution in [3.63, 3.8) is 0 Å². The van der Waals surface area contributed by atoms with Gasteiger partial charge in [-0.05, 0) is 114 Å². The Labute approximate surface area is 713 Å². The number of methoxy groups -OCH3 is 8. The maximum Gasteiger partial charge on any atom is 0.278 e.